The molecule has 3 heterocycles. The first-order valence-electron chi connectivity index (χ1n) is 6.22. The Hall–Kier alpha value is -1.35. The van der Waals surface area contributed by atoms with Gasteiger partial charge < -0.3 is 4.74 Å². The number of hydrogen-bond donors (Lipinski definition) is 0. The van der Waals surface area contributed by atoms with Gasteiger partial charge in [0.2, 0.25) is 0 Å². The minimum Gasteiger partial charge on any atom is -0.496 e. The van der Waals surface area contributed by atoms with E-state index in [2.05, 4.69) is 4.90 Å². The Bertz CT molecular complexity index is 436. The molecule has 0 amide bonds. The molecule has 0 saturated carbocycles. The van der Waals surface area contributed by atoms with E-state index in [0.29, 0.717) is 5.78 Å². The lowest BCUT2D eigenvalue weighted by molar-refractivity contribution is -0.137. The van der Waals surface area contributed by atoms with Crippen LogP contribution >= 0.6 is 0 Å². The van der Waals surface area contributed by atoms with Crippen LogP contribution in [0, 0.1) is 5.92 Å². The highest BCUT2D eigenvalue weighted by Crippen LogP contribution is 2.40. The van der Waals surface area contributed by atoms with Gasteiger partial charge in [-0.2, -0.15) is 0 Å². The molecular weight excluding hydrogens is 214 g/mol. The van der Waals surface area contributed by atoms with E-state index in [1.54, 1.807) is 7.11 Å². The monoisotopic (exact) mass is 231 g/mol. The van der Waals surface area contributed by atoms with Crippen molar-refractivity contribution in [3.63, 3.8) is 0 Å². The van der Waals surface area contributed by atoms with Crippen molar-refractivity contribution in [3.05, 3.63) is 29.8 Å². The fourth-order valence-corrected chi connectivity index (χ4v) is 3.09. The van der Waals surface area contributed by atoms with E-state index in [9.17, 15) is 4.79 Å². The van der Waals surface area contributed by atoms with Gasteiger partial charge in [-0.1, -0.05) is 18.2 Å². The number of carbonyl (C=O) groups is 1. The lowest BCUT2D eigenvalue weighted by atomic mass is 9.79. The first-order chi connectivity index (χ1) is 8.31. The van der Waals surface area contributed by atoms with Gasteiger partial charge in [0.15, 0.2) is 5.78 Å². The highest BCUT2D eigenvalue weighted by molar-refractivity contribution is 5.89. The minimum atomic E-state index is -0.0707. The van der Waals surface area contributed by atoms with Crippen molar-refractivity contribution < 1.29 is 9.53 Å². The highest BCUT2D eigenvalue weighted by Gasteiger charge is 2.42. The number of ketones is 1. The van der Waals surface area contributed by atoms with Crippen LogP contribution in [0.3, 0.4) is 0 Å². The van der Waals surface area contributed by atoms with Crippen LogP contribution in [-0.2, 0) is 4.79 Å². The Morgan fingerprint density at radius 1 is 1.24 bits per heavy atom. The van der Waals surface area contributed by atoms with Crippen molar-refractivity contribution in [1.82, 2.24) is 4.90 Å². The zero-order chi connectivity index (χ0) is 11.8. The lowest BCUT2D eigenvalue weighted by Crippen LogP contribution is -2.50. The molecule has 1 unspecified atom stereocenters. The van der Waals surface area contributed by atoms with Gasteiger partial charge >= 0.3 is 0 Å². The van der Waals surface area contributed by atoms with Crippen LogP contribution in [0.1, 0.15) is 24.4 Å². The maximum absolute atomic E-state index is 12.4. The molecule has 3 fully saturated rings. The summed E-state index contributed by atoms with van der Waals surface area (Å²) in [6.07, 6.45) is 2.06. The first-order valence-corrected chi connectivity index (χ1v) is 6.22. The molecule has 1 aromatic carbocycles. The normalized spacial score (nSPS) is 31.6. The summed E-state index contributed by atoms with van der Waals surface area (Å²) in [6, 6.07) is 7.81. The standard InChI is InChI=1S/C14H17NO2/c1-17-12-5-3-2-4-11(12)13-14(16)10-6-8-15(13)9-7-10/h2-5,10,13H,6-9H2,1H3. The molecule has 1 aromatic rings. The number of benzene rings is 1. The number of Topliss-reactive ketones (excluding diaryl/α,β-unsaturated/α-hetero) is 1. The molecule has 90 valence electrons. The second-order valence-corrected chi connectivity index (χ2v) is 4.86. The second-order valence-electron chi connectivity index (χ2n) is 4.86. The zero-order valence-corrected chi connectivity index (χ0v) is 10.1. The SMILES string of the molecule is COc1ccccc1C1C(=O)C2CCN1CC2. The number of rotatable bonds is 2. The average Bonchev–Trinajstić information content (AvgIpc) is 2.40. The maximum Gasteiger partial charge on any atom is 0.157 e. The van der Waals surface area contributed by atoms with Crippen LogP contribution in [0.2, 0.25) is 0 Å². The van der Waals surface area contributed by atoms with Gasteiger partial charge in [-0.05, 0) is 32.0 Å². The van der Waals surface area contributed by atoms with E-state index in [0.717, 1.165) is 37.2 Å². The summed E-state index contributed by atoms with van der Waals surface area (Å²) in [5.41, 5.74) is 1.03. The number of fused-ring (bicyclic) bond motifs is 3. The molecule has 0 aliphatic carbocycles. The van der Waals surface area contributed by atoms with Gasteiger partial charge in [0, 0.05) is 11.5 Å². The van der Waals surface area contributed by atoms with Gasteiger partial charge in [0.25, 0.3) is 0 Å². The Kier molecular flexibility index (Phi) is 2.63. The topological polar surface area (TPSA) is 29.5 Å². The molecule has 0 spiro atoms. The van der Waals surface area contributed by atoms with Crippen molar-refractivity contribution >= 4 is 5.78 Å². The van der Waals surface area contributed by atoms with Gasteiger partial charge in [-0.15, -0.1) is 0 Å². The second kappa shape index (κ2) is 4.15. The van der Waals surface area contributed by atoms with Crippen molar-refractivity contribution in [3.8, 4) is 5.75 Å². The van der Waals surface area contributed by atoms with Crippen LogP contribution in [0.4, 0.5) is 0 Å². The quantitative estimate of drug-likeness (QED) is 0.780. The largest absolute Gasteiger partial charge is 0.496 e. The fourth-order valence-electron chi connectivity index (χ4n) is 3.09. The zero-order valence-electron chi connectivity index (χ0n) is 10.1. The van der Waals surface area contributed by atoms with Crippen molar-refractivity contribution in [2.24, 2.45) is 5.92 Å². The number of para-hydroxylation sites is 1. The van der Waals surface area contributed by atoms with Gasteiger partial charge in [-0.25, -0.2) is 0 Å². The molecular formula is C14H17NO2. The molecule has 17 heavy (non-hydrogen) atoms. The third-order valence-corrected chi connectivity index (χ3v) is 4.00. The van der Waals surface area contributed by atoms with E-state index in [-0.39, 0.29) is 12.0 Å². The van der Waals surface area contributed by atoms with Crippen LogP contribution in [0.15, 0.2) is 24.3 Å². The fraction of sp³-hybridized carbons (Fsp3) is 0.500. The third-order valence-electron chi connectivity index (χ3n) is 4.00. The number of nitrogens with zero attached hydrogens (tertiary/aromatic N) is 1. The van der Waals surface area contributed by atoms with E-state index in [4.69, 9.17) is 4.74 Å². The molecule has 0 radical (unpaired) electrons. The summed E-state index contributed by atoms with van der Waals surface area (Å²) >= 11 is 0. The van der Waals surface area contributed by atoms with E-state index in [1.165, 1.54) is 0 Å². The molecule has 0 aromatic heterocycles. The number of piperidine rings is 3. The Morgan fingerprint density at radius 2 is 1.94 bits per heavy atom. The van der Waals surface area contributed by atoms with Crippen molar-refractivity contribution in [1.29, 1.82) is 0 Å². The smallest absolute Gasteiger partial charge is 0.157 e. The molecule has 3 nitrogen and oxygen atoms in total. The predicted octanol–water partition coefficient (Wildman–Crippen LogP) is 2.03. The minimum absolute atomic E-state index is 0.0707. The van der Waals surface area contributed by atoms with Crippen LogP contribution in [0.25, 0.3) is 0 Å². The van der Waals surface area contributed by atoms with Crippen LogP contribution in [0.5, 0.6) is 5.75 Å². The van der Waals surface area contributed by atoms with Crippen molar-refractivity contribution in [2.45, 2.75) is 18.9 Å². The molecule has 1 atom stereocenters. The van der Waals surface area contributed by atoms with E-state index < -0.39 is 0 Å². The Morgan fingerprint density at radius 3 is 2.59 bits per heavy atom. The molecule has 4 rings (SSSR count). The molecule has 0 N–H and O–H groups in total. The predicted molar refractivity (Wildman–Crippen MR) is 65.0 cm³/mol. The van der Waals surface area contributed by atoms with Gasteiger partial charge in [-0.3, -0.25) is 9.69 Å². The number of carbonyl (C=O) groups excluding carboxylic acids is 1. The number of hydrogen-bond acceptors (Lipinski definition) is 3. The summed E-state index contributed by atoms with van der Waals surface area (Å²) in [5.74, 6) is 1.49. The summed E-state index contributed by atoms with van der Waals surface area (Å²) in [4.78, 5) is 14.7. The summed E-state index contributed by atoms with van der Waals surface area (Å²) in [7, 11) is 1.67. The van der Waals surface area contributed by atoms with Crippen LogP contribution in [-0.4, -0.2) is 30.9 Å². The Labute approximate surface area is 101 Å². The maximum atomic E-state index is 12.4. The summed E-state index contributed by atoms with van der Waals surface area (Å²) < 4.78 is 5.38. The summed E-state index contributed by atoms with van der Waals surface area (Å²) in [6.45, 7) is 2.08. The summed E-state index contributed by atoms with van der Waals surface area (Å²) in [5, 5.41) is 0. The molecule has 3 aliphatic heterocycles. The molecule has 3 saturated heterocycles. The van der Waals surface area contributed by atoms with Crippen LogP contribution < -0.4 is 4.74 Å². The third kappa shape index (κ3) is 1.65. The Balaban J connectivity index is 2.00. The molecule has 2 bridgehead atoms. The van der Waals surface area contributed by atoms with Crippen molar-refractivity contribution in [2.75, 3.05) is 20.2 Å². The van der Waals surface area contributed by atoms with E-state index in [1.807, 2.05) is 24.3 Å². The molecule has 3 aliphatic rings. The van der Waals surface area contributed by atoms with Gasteiger partial charge in [0.05, 0.1) is 13.2 Å². The highest BCUT2D eigenvalue weighted by atomic mass is 16.5. The van der Waals surface area contributed by atoms with E-state index >= 15 is 0 Å². The number of ether oxygens (including phenoxy) is 1. The first kappa shape index (κ1) is 10.8. The average molecular weight is 231 g/mol. The van der Waals surface area contributed by atoms with Gasteiger partial charge in [0.1, 0.15) is 5.75 Å². The lowest BCUT2D eigenvalue weighted by Gasteiger charge is -2.44. The molecule has 3 heteroatoms. The number of methoxy groups -OCH3 is 1.